The van der Waals surface area contributed by atoms with E-state index in [1.165, 1.54) is 38.5 Å². The van der Waals surface area contributed by atoms with Gasteiger partial charge in [-0.05, 0) is 41.1 Å². The van der Waals surface area contributed by atoms with Crippen molar-refractivity contribution in [2.75, 3.05) is 19.5 Å². The SMILES string of the molecule is COC(=O)c1cc(NC(=O)c2cc3ccccc3cc2O)cc(C(=O)OC)c1. The number of fused-ring (bicyclic) bond motifs is 1. The van der Waals surface area contributed by atoms with Gasteiger partial charge in [-0.2, -0.15) is 0 Å². The number of esters is 2. The summed E-state index contributed by atoms with van der Waals surface area (Å²) in [4.78, 5) is 36.4. The Hall–Kier alpha value is -3.87. The molecule has 0 fully saturated rings. The summed E-state index contributed by atoms with van der Waals surface area (Å²) in [5, 5.41) is 14.4. The summed E-state index contributed by atoms with van der Waals surface area (Å²) in [5.74, 6) is -2.13. The lowest BCUT2D eigenvalue weighted by atomic mass is 10.0. The maximum Gasteiger partial charge on any atom is 0.337 e. The second-order valence-corrected chi connectivity index (χ2v) is 5.95. The van der Waals surface area contributed by atoms with Gasteiger partial charge >= 0.3 is 11.9 Å². The fraction of sp³-hybridized carbons (Fsp3) is 0.0952. The van der Waals surface area contributed by atoms with E-state index in [0.29, 0.717) is 0 Å². The smallest absolute Gasteiger partial charge is 0.337 e. The first-order valence-electron chi connectivity index (χ1n) is 8.27. The Morgan fingerprint density at radius 1 is 0.821 bits per heavy atom. The number of hydrogen-bond acceptors (Lipinski definition) is 6. The van der Waals surface area contributed by atoms with Gasteiger partial charge < -0.3 is 19.9 Å². The monoisotopic (exact) mass is 379 g/mol. The van der Waals surface area contributed by atoms with E-state index in [-0.39, 0.29) is 28.1 Å². The molecule has 0 saturated heterocycles. The Morgan fingerprint density at radius 2 is 1.36 bits per heavy atom. The van der Waals surface area contributed by atoms with Crippen LogP contribution < -0.4 is 5.32 Å². The minimum Gasteiger partial charge on any atom is -0.507 e. The van der Waals surface area contributed by atoms with Crippen LogP contribution in [-0.4, -0.2) is 37.2 Å². The number of anilines is 1. The van der Waals surface area contributed by atoms with Crippen LogP contribution in [0.2, 0.25) is 0 Å². The molecule has 0 saturated carbocycles. The largest absolute Gasteiger partial charge is 0.507 e. The van der Waals surface area contributed by atoms with Crippen molar-refractivity contribution in [3.63, 3.8) is 0 Å². The lowest BCUT2D eigenvalue weighted by Gasteiger charge is -2.11. The molecule has 2 N–H and O–H groups in total. The van der Waals surface area contributed by atoms with Crippen molar-refractivity contribution in [2.45, 2.75) is 0 Å². The quantitative estimate of drug-likeness (QED) is 0.674. The Bertz CT molecular complexity index is 1060. The van der Waals surface area contributed by atoms with E-state index in [4.69, 9.17) is 0 Å². The van der Waals surface area contributed by atoms with Gasteiger partial charge in [-0.3, -0.25) is 4.79 Å². The van der Waals surface area contributed by atoms with E-state index < -0.39 is 17.8 Å². The summed E-state index contributed by atoms with van der Waals surface area (Å²) >= 11 is 0. The minimum atomic E-state index is -0.671. The van der Waals surface area contributed by atoms with Crippen LogP contribution in [0.5, 0.6) is 5.75 Å². The van der Waals surface area contributed by atoms with Gasteiger partial charge in [-0.1, -0.05) is 24.3 Å². The Kier molecular flexibility index (Phi) is 5.26. The van der Waals surface area contributed by atoms with Gasteiger partial charge in [-0.25, -0.2) is 9.59 Å². The summed E-state index contributed by atoms with van der Waals surface area (Å²) < 4.78 is 9.35. The Morgan fingerprint density at radius 3 is 1.89 bits per heavy atom. The predicted molar refractivity (Wildman–Crippen MR) is 103 cm³/mol. The molecule has 0 unspecified atom stereocenters. The number of aromatic hydroxyl groups is 1. The number of ether oxygens (including phenoxy) is 2. The molecule has 7 nitrogen and oxygen atoms in total. The molecule has 0 aliphatic heterocycles. The number of benzene rings is 3. The van der Waals surface area contributed by atoms with Gasteiger partial charge in [0.05, 0.1) is 30.9 Å². The first-order valence-corrected chi connectivity index (χ1v) is 8.27. The van der Waals surface area contributed by atoms with Gasteiger partial charge in [0.2, 0.25) is 0 Å². The van der Waals surface area contributed by atoms with Crippen molar-refractivity contribution in [3.8, 4) is 5.75 Å². The van der Waals surface area contributed by atoms with Gasteiger partial charge in [0, 0.05) is 5.69 Å². The first-order chi connectivity index (χ1) is 13.4. The van der Waals surface area contributed by atoms with Crippen LogP contribution in [0.4, 0.5) is 5.69 Å². The summed E-state index contributed by atoms with van der Waals surface area (Å²) in [6.07, 6.45) is 0. The number of hydrogen-bond donors (Lipinski definition) is 2. The molecule has 7 heteroatoms. The van der Waals surface area contributed by atoms with E-state index in [1.54, 1.807) is 6.07 Å². The average molecular weight is 379 g/mol. The Labute approximate surface area is 160 Å². The summed E-state index contributed by atoms with van der Waals surface area (Å²) in [6.45, 7) is 0. The fourth-order valence-electron chi connectivity index (χ4n) is 2.78. The molecular formula is C21H17NO6. The highest BCUT2D eigenvalue weighted by molar-refractivity contribution is 6.09. The van der Waals surface area contributed by atoms with Gasteiger partial charge in [0.25, 0.3) is 5.91 Å². The van der Waals surface area contributed by atoms with Crippen LogP contribution >= 0.6 is 0 Å². The summed E-state index contributed by atoms with van der Waals surface area (Å²) in [6, 6.07) is 14.4. The number of carbonyl (C=O) groups is 3. The van der Waals surface area contributed by atoms with Crippen LogP contribution in [0.15, 0.2) is 54.6 Å². The van der Waals surface area contributed by atoms with E-state index in [2.05, 4.69) is 14.8 Å². The molecular weight excluding hydrogens is 362 g/mol. The number of phenolic OH excluding ortho intramolecular Hbond substituents is 1. The van der Waals surface area contributed by atoms with Crippen LogP contribution in [0.3, 0.4) is 0 Å². The average Bonchev–Trinajstić information content (AvgIpc) is 2.71. The molecule has 3 rings (SSSR count). The zero-order chi connectivity index (χ0) is 20.3. The molecule has 0 spiro atoms. The summed E-state index contributed by atoms with van der Waals surface area (Å²) in [7, 11) is 2.41. The topological polar surface area (TPSA) is 102 Å². The van der Waals surface area contributed by atoms with Crippen molar-refractivity contribution in [3.05, 3.63) is 71.3 Å². The highest BCUT2D eigenvalue weighted by atomic mass is 16.5. The van der Waals surface area contributed by atoms with Crippen molar-refractivity contribution in [2.24, 2.45) is 0 Å². The van der Waals surface area contributed by atoms with Crippen LogP contribution in [0, 0.1) is 0 Å². The molecule has 0 bridgehead atoms. The van der Waals surface area contributed by atoms with E-state index in [0.717, 1.165) is 10.8 Å². The van der Waals surface area contributed by atoms with E-state index in [9.17, 15) is 19.5 Å². The molecule has 0 aromatic heterocycles. The molecule has 0 aliphatic carbocycles. The van der Waals surface area contributed by atoms with Crippen molar-refractivity contribution in [1.82, 2.24) is 0 Å². The van der Waals surface area contributed by atoms with Crippen molar-refractivity contribution < 1.29 is 29.0 Å². The molecule has 0 heterocycles. The highest BCUT2D eigenvalue weighted by Crippen LogP contribution is 2.26. The molecule has 0 radical (unpaired) electrons. The molecule has 0 atom stereocenters. The van der Waals surface area contributed by atoms with Crippen molar-refractivity contribution >= 4 is 34.3 Å². The standard InChI is InChI=1S/C21H17NO6/c1-27-20(25)14-7-15(21(26)28-2)9-16(8-14)22-19(24)17-10-12-5-3-4-6-13(12)11-18(17)23/h3-11,23H,1-2H3,(H,22,24). The Balaban J connectivity index is 1.98. The lowest BCUT2D eigenvalue weighted by Crippen LogP contribution is -2.14. The van der Waals surface area contributed by atoms with Crippen LogP contribution in [0.25, 0.3) is 10.8 Å². The molecule has 28 heavy (non-hydrogen) atoms. The number of phenols is 1. The third-order valence-electron chi connectivity index (χ3n) is 4.14. The second-order valence-electron chi connectivity index (χ2n) is 5.95. The predicted octanol–water partition coefficient (Wildman–Crippen LogP) is 3.37. The number of carbonyl (C=O) groups excluding carboxylic acids is 3. The third-order valence-corrected chi connectivity index (χ3v) is 4.14. The fourth-order valence-corrected chi connectivity index (χ4v) is 2.78. The number of rotatable bonds is 4. The van der Waals surface area contributed by atoms with Gasteiger partial charge in [0.1, 0.15) is 5.75 Å². The van der Waals surface area contributed by atoms with E-state index >= 15 is 0 Å². The molecule has 1 amide bonds. The summed E-state index contributed by atoms with van der Waals surface area (Å²) in [5.41, 5.74) is 0.384. The number of nitrogens with one attached hydrogen (secondary N) is 1. The molecule has 3 aromatic carbocycles. The van der Waals surface area contributed by atoms with Crippen LogP contribution in [-0.2, 0) is 9.47 Å². The zero-order valence-corrected chi connectivity index (χ0v) is 15.2. The molecule has 142 valence electrons. The van der Waals surface area contributed by atoms with E-state index in [1.807, 2.05) is 24.3 Å². The maximum atomic E-state index is 12.7. The van der Waals surface area contributed by atoms with Gasteiger partial charge in [-0.15, -0.1) is 0 Å². The van der Waals surface area contributed by atoms with Gasteiger partial charge in [0.15, 0.2) is 0 Å². The lowest BCUT2D eigenvalue weighted by molar-refractivity contribution is 0.0599. The van der Waals surface area contributed by atoms with Crippen LogP contribution in [0.1, 0.15) is 31.1 Å². The zero-order valence-electron chi connectivity index (χ0n) is 15.2. The number of amides is 1. The molecule has 3 aromatic rings. The maximum absolute atomic E-state index is 12.7. The molecule has 0 aliphatic rings. The highest BCUT2D eigenvalue weighted by Gasteiger charge is 2.17. The van der Waals surface area contributed by atoms with Crippen molar-refractivity contribution in [1.29, 1.82) is 0 Å². The third kappa shape index (κ3) is 3.78. The second kappa shape index (κ2) is 7.79. The minimum absolute atomic E-state index is 0.0572. The number of methoxy groups -OCH3 is 2. The normalized spacial score (nSPS) is 10.4. The first kappa shape index (κ1) is 18.9.